The van der Waals surface area contributed by atoms with E-state index in [1.807, 2.05) is 18.2 Å². The summed E-state index contributed by atoms with van der Waals surface area (Å²) in [5.74, 6) is 2.19. The Morgan fingerprint density at radius 1 is 1.35 bits per heavy atom. The van der Waals surface area contributed by atoms with Crippen molar-refractivity contribution in [1.29, 1.82) is 0 Å². The number of hydrogen-bond acceptors (Lipinski definition) is 5. The number of amides is 1. The van der Waals surface area contributed by atoms with Gasteiger partial charge in [0.15, 0.2) is 0 Å². The summed E-state index contributed by atoms with van der Waals surface area (Å²) in [5, 5.41) is 10.2. The molecule has 2 heterocycles. The second-order valence-electron chi connectivity index (χ2n) is 6.05. The standard InChI is InChI=1S/C16H18N4O2.ClH/c21-15(18-9-10-7-17-8-10)13-3-1-2-12(6-13)14-19-16(22-20-14)11-4-5-11;/h1-3,6,10-11,17H,4-5,7-9H2,(H,18,21);1H. The van der Waals surface area contributed by atoms with Crippen LogP contribution >= 0.6 is 12.4 Å². The van der Waals surface area contributed by atoms with Crippen molar-refractivity contribution in [3.63, 3.8) is 0 Å². The van der Waals surface area contributed by atoms with E-state index in [0.717, 1.165) is 31.5 Å². The Morgan fingerprint density at radius 3 is 2.87 bits per heavy atom. The lowest BCUT2D eigenvalue weighted by Crippen LogP contribution is -2.48. The van der Waals surface area contributed by atoms with Gasteiger partial charge in [-0.05, 0) is 25.0 Å². The molecule has 1 aliphatic heterocycles. The summed E-state index contributed by atoms with van der Waals surface area (Å²) >= 11 is 0. The molecule has 1 aromatic carbocycles. The van der Waals surface area contributed by atoms with Crippen LogP contribution in [-0.2, 0) is 0 Å². The molecule has 0 spiro atoms. The average molecular weight is 335 g/mol. The number of carbonyl (C=O) groups is 1. The fourth-order valence-electron chi connectivity index (χ4n) is 2.48. The Balaban J connectivity index is 0.00000156. The van der Waals surface area contributed by atoms with Gasteiger partial charge in [0, 0.05) is 42.6 Å². The van der Waals surface area contributed by atoms with Crippen LogP contribution in [0.4, 0.5) is 0 Å². The van der Waals surface area contributed by atoms with E-state index in [-0.39, 0.29) is 18.3 Å². The van der Waals surface area contributed by atoms with Gasteiger partial charge in [-0.1, -0.05) is 17.3 Å². The predicted molar refractivity (Wildman–Crippen MR) is 87.6 cm³/mol. The van der Waals surface area contributed by atoms with E-state index in [0.29, 0.717) is 35.7 Å². The number of nitrogens with one attached hydrogen (secondary N) is 2. The first kappa shape index (κ1) is 16.0. The zero-order chi connectivity index (χ0) is 14.9. The molecule has 0 bridgehead atoms. The molecule has 2 fully saturated rings. The third-order valence-corrected chi connectivity index (χ3v) is 4.17. The third kappa shape index (κ3) is 3.54. The number of hydrogen-bond donors (Lipinski definition) is 2. The molecule has 1 aromatic heterocycles. The summed E-state index contributed by atoms with van der Waals surface area (Å²) in [6.07, 6.45) is 2.25. The number of halogens is 1. The largest absolute Gasteiger partial charge is 0.352 e. The van der Waals surface area contributed by atoms with Crippen molar-refractivity contribution in [1.82, 2.24) is 20.8 Å². The summed E-state index contributed by atoms with van der Waals surface area (Å²) in [7, 11) is 0. The summed E-state index contributed by atoms with van der Waals surface area (Å²) in [6.45, 7) is 2.67. The summed E-state index contributed by atoms with van der Waals surface area (Å²) in [6, 6.07) is 7.37. The molecule has 0 unspecified atom stereocenters. The van der Waals surface area contributed by atoms with Crippen LogP contribution in [0.1, 0.15) is 35.0 Å². The van der Waals surface area contributed by atoms with Crippen LogP contribution in [0.15, 0.2) is 28.8 Å². The van der Waals surface area contributed by atoms with Crippen molar-refractivity contribution in [3.05, 3.63) is 35.7 Å². The molecule has 122 valence electrons. The minimum Gasteiger partial charge on any atom is -0.352 e. The third-order valence-electron chi connectivity index (χ3n) is 4.17. The molecule has 7 heteroatoms. The molecule has 2 aliphatic rings. The van der Waals surface area contributed by atoms with Crippen molar-refractivity contribution in [2.24, 2.45) is 5.92 Å². The van der Waals surface area contributed by atoms with E-state index in [4.69, 9.17) is 4.52 Å². The number of rotatable bonds is 5. The molecular weight excluding hydrogens is 316 g/mol. The molecule has 4 rings (SSSR count). The summed E-state index contributed by atoms with van der Waals surface area (Å²) in [4.78, 5) is 16.6. The second-order valence-corrected chi connectivity index (χ2v) is 6.05. The molecule has 2 aromatic rings. The zero-order valence-corrected chi connectivity index (χ0v) is 13.4. The summed E-state index contributed by atoms with van der Waals surface area (Å²) < 4.78 is 5.28. The minimum atomic E-state index is -0.0559. The zero-order valence-electron chi connectivity index (χ0n) is 12.6. The van der Waals surface area contributed by atoms with Crippen molar-refractivity contribution < 1.29 is 9.32 Å². The molecule has 0 atom stereocenters. The lowest BCUT2D eigenvalue weighted by atomic mass is 10.0. The van der Waals surface area contributed by atoms with E-state index in [2.05, 4.69) is 20.8 Å². The fraction of sp³-hybridized carbons (Fsp3) is 0.438. The van der Waals surface area contributed by atoms with Gasteiger partial charge in [-0.15, -0.1) is 12.4 Å². The molecule has 1 amide bonds. The highest BCUT2D eigenvalue weighted by atomic mass is 35.5. The SMILES string of the molecule is Cl.O=C(NCC1CNC1)c1cccc(-c2noc(C3CC3)n2)c1. The van der Waals surface area contributed by atoms with Gasteiger partial charge in [-0.25, -0.2) is 0 Å². The first-order valence-electron chi connectivity index (χ1n) is 7.72. The maximum Gasteiger partial charge on any atom is 0.251 e. The lowest BCUT2D eigenvalue weighted by Gasteiger charge is -2.27. The molecule has 2 N–H and O–H groups in total. The molecule has 1 saturated carbocycles. The Hall–Kier alpha value is -1.92. The van der Waals surface area contributed by atoms with E-state index in [1.54, 1.807) is 6.07 Å². The van der Waals surface area contributed by atoms with E-state index in [9.17, 15) is 4.79 Å². The van der Waals surface area contributed by atoms with Crippen LogP contribution in [0.5, 0.6) is 0 Å². The number of carbonyl (C=O) groups excluding carboxylic acids is 1. The Kier molecular flexibility index (Phi) is 4.63. The highest BCUT2D eigenvalue weighted by Crippen LogP contribution is 2.39. The Labute approximate surface area is 140 Å². The highest BCUT2D eigenvalue weighted by molar-refractivity contribution is 5.95. The van der Waals surface area contributed by atoms with Crippen molar-refractivity contribution in [2.75, 3.05) is 19.6 Å². The number of aromatic nitrogens is 2. The monoisotopic (exact) mass is 334 g/mol. The van der Waals surface area contributed by atoms with E-state index >= 15 is 0 Å². The van der Waals surface area contributed by atoms with Crippen LogP contribution in [0.3, 0.4) is 0 Å². The van der Waals surface area contributed by atoms with Gasteiger partial charge in [0.2, 0.25) is 11.7 Å². The van der Waals surface area contributed by atoms with Gasteiger partial charge in [0.1, 0.15) is 0 Å². The number of benzene rings is 1. The van der Waals surface area contributed by atoms with E-state index in [1.165, 1.54) is 0 Å². The first-order chi connectivity index (χ1) is 10.8. The quantitative estimate of drug-likeness (QED) is 0.874. The van der Waals surface area contributed by atoms with Crippen molar-refractivity contribution in [2.45, 2.75) is 18.8 Å². The predicted octanol–water partition coefficient (Wildman–Crippen LogP) is 1.98. The molecule has 23 heavy (non-hydrogen) atoms. The second kappa shape index (κ2) is 6.68. The maximum atomic E-state index is 12.2. The van der Waals surface area contributed by atoms with E-state index < -0.39 is 0 Å². The van der Waals surface area contributed by atoms with Gasteiger partial charge in [0.05, 0.1) is 0 Å². The highest BCUT2D eigenvalue weighted by Gasteiger charge is 2.29. The Bertz CT molecular complexity index is 695. The van der Waals surface area contributed by atoms with Crippen LogP contribution in [0.2, 0.25) is 0 Å². The van der Waals surface area contributed by atoms with Crippen LogP contribution in [-0.4, -0.2) is 35.7 Å². The molecule has 6 nitrogen and oxygen atoms in total. The normalized spacial score (nSPS) is 17.2. The smallest absolute Gasteiger partial charge is 0.251 e. The fourth-order valence-corrected chi connectivity index (χ4v) is 2.48. The summed E-state index contributed by atoms with van der Waals surface area (Å²) in [5.41, 5.74) is 1.44. The molecular formula is C16H19ClN4O2. The van der Waals surface area contributed by atoms with Gasteiger partial charge < -0.3 is 15.2 Å². The molecule has 1 aliphatic carbocycles. The van der Waals surface area contributed by atoms with Crippen LogP contribution in [0.25, 0.3) is 11.4 Å². The van der Waals surface area contributed by atoms with Crippen molar-refractivity contribution in [3.8, 4) is 11.4 Å². The van der Waals surface area contributed by atoms with Crippen molar-refractivity contribution >= 4 is 18.3 Å². The average Bonchev–Trinajstić information content (AvgIpc) is 3.23. The Morgan fingerprint density at radius 2 is 2.17 bits per heavy atom. The lowest BCUT2D eigenvalue weighted by molar-refractivity contribution is 0.0942. The topological polar surface area (TPSA) is 80.0 Å². The molecule has 1 saturated heterocycles. The minimum absolute atomic E-state index is 0. The molecule has 0 radical (unpaired) electrons. The van der Waals surface area contributed by atoms with Gasteiger partial charge >= 0.3 is 0 Å². The van der Waals surface area contributed by atoms with Gasteiger partial charge in [-0.2, -0.15) is 4.98 Å². The number of nitrogens with zero attached hydrogens (tertiary/aromatic N) is 2. The van der Waals surface area contributed by atoms with Gasteiger partial charge in [0.25, 0.3) is 5.91 Å². The first-order valence-corrected chi connectivity index (χ1v) is 7.72. The van der Waals surface area contributed by atoms with Gasteiger partial charge in [-0.3, -0.25) is 4.79 Å². The van der Waals surface area contributed by atoms with Crippen LogP contribution < -0.4 is 10.6 Å². The van der Waals surface area contributed by atoms with Crippen LogP contribution in [0, 0.1) is 5.92 Å². The maximum absolute atomic E-state index is 12.2.